The molecule has 0 saturated carbocycles. The van der Waals surface area contributed by atoms with E-state index in [1.165, 1.54) is 14.2 Å². The Kier molecular flexibility index (Phi) is 8.41. The van der Waals surface area contributed by atoms with Crippen molar-refractivity contribution < 1.29 is 28.6 Å². The van der Waals surface area contributed by atoms with Crippen molar-refractivity contribution in [1.29, 1.82) is 0 Å². The van der Waals surface area contributed by atoms with Gasteiger partial charge in [0.25, 0.3) is 5.91 Å². The molecule has 160 valence electrons. The van der Waals surface area contributed by atoms with Crippen molar-refractivity contribution in [2.75, 3.05) is 34.0 Å². The first-order valence-electron chi connectivity index (χ1n) is 9.57. The van der Waals surface area contributed by atoms with Crippen LogP contribution in [0.25, 0.3) is 0 Å². The van der Waals surface area contributed by atoms with Crippen LogP contribution in [-0.2, 0) is 14.3 Å². The minimum atomic E-state index is -0.802. The third-order valence-electron chi connectivity index (χ3n) is 4.50. The van der Waals surface area contributed by atoms with Gasteiger partial charge in [-0.15, -0.1) is 0 Å². The number of carbonyl (C=O) groups is 3. The standard InChI is InChI=1S/C20H29N3O6/c1-13(2)7-9-29-16-6-5-14(11-17(16)28-4)19(25)22-21-15-12-18(24)23(20(15)26)8-10-27-3/h5-6,11,13,15,21H,7-10,12H2,1-4H3,(H,22,25)/t15-/m0/s1. The van der Waals surface area contributed by atoms with E-state index in [4.69, 9.17) is 14.2 Å². The second-order valence-electron chi connectivity index (χ2n) is 7.13. The molecule has 1 heterocycles. The molecule has 0 spiro atoms. The zero-order chi connectivity index (χ0) is 21.4. The fourth-order valence-corrected chi connectivity index (χ4v) is 2.77. The number of amides is 3. The van der Waals surface area contributed by atoms with Gasteiger partial charge in [0.2, 0.25) is 11.8 Å². The molecule has 0 unspecified atom stereocenters. The fraction of sp³-hybridized carbons (Fsp3) is 0.550. The second-order valence-corrected chi connectivity index (χ2v) is 7.13. The van der Waals surface area contributed by atoms with Crippen molar-refractivity contribution >= 4 is 17.7 Å². The van der Waals surface area contributed by atoms with E-state index in [9.17, 15) is 14.4 Å². The molecule has 1 saturated heterocycles. The van der Waals surface area contributed by atoms with Crippen molar-refractivity contribution in [1.82, 2.24) is 15.8 Å². The molecule has 1 aliphatic heterocycles. The van der Waals surface area contributed by atoms with Gasteiger partial charge in [0.05, 0.1) is 33.3 Å². The van der Waals surface area contributed by atoms with Crippen molar-refractivity contribution in [3.63, 3.8) is 0 Å². The maximum Gasteiger partial charge on any atom is 0.265 e. The largest absolute Gasteiger partial charge is 0.493 e. The highest BCUT2D eigenvalue weighted by atomic mass is 16.5. The van der Waals surface area contributed by atoms with E-state index in [0.717, 1.165) is 11.3 Å². The van der Waals surface area contributed by atoms with Crippen molar-refractivity contribution in [2.24, 2.45) is 5.92 Å². The van der Waals surface area contributed by atoms with Crippen LogP contribution in [0.15, 0.2) is 18.2 Å². The number of nitrogens with one attached hydrogen (secondary N) is 2. The summed E-state index contributed by atoms with van der Waals surface area (Å²) in [5.74, 6) is 0.379. The van der Waals surface area contributed by atoms with E-state index < -0.39 is 11.9 Å². The van der Waals surface area contributed by atoms with Gasteiger partial charge in [0.1, 0.15) is 6.04 Å². The van der Waals surface area contributed by atoms with Gasteiger partial charge in [0, 0.05) is 12.7 Å². The summed E-state index contributed by atoms with van der Waals surface area (Å²) in [6.07, 6.45) is 0.889. The number of imide groups is 1. The van der Waals surface area contributed by atoms with Crippen molar-refractivity contribution in [3.05, 3.63) is 23.8 Å². The van der Waals surface area contributed by atoms with Crippen LogP contribution in [0, 0.1) is 5.92 Å². The highest BCUT2D eigenvalue weighted by Gasteiger charge is 2.38. The Labute approximate surface area is 170 Å². The van der Waals surface area contributed by atoms with E-state index >= 15 is 0 Å². The van der Waals surface area contributed by atoms with E-state index in [2.05, 4.69) is 24.7 Å². The highest BCUT2D eigenvalue weighted by molar-refractivity contribution is 6.05. The molecular weight excluding hydrogens is 378 g/mol. The average molecular weight is 407 g/mol. The van der Waals surface area contributed by atoms with Crippen LogP contribution >= 0.6 is 0 Å². The average Bonchev–Trinajstić information content (AvgIpc) is 2.97. The first kappa shape index (κ1) is 22.6. The summed E-state index contributed by atoms with van der Waals surface area (Å²) in [5.41, 5.74) is 5.45. The molecule has 9 heteroatoms. The van der Waals surface area contributed by atoms with Gasteiger partial charge >= 0.3 is 0 Å². The monoisotopic (exact) mass is 407 g/mol. The van der Waals surface area contributed by atoms with Gasteiger partial charge in [0.15, 0.2) is 11.5 Å². The maximum absolute atomic E-state index is 12.4. The summed E-state index contributed by atoms with van der Waals surface area (Å²) in [5, 5.41) is 0. The number of hydrazine groups is 1. The maximum atomic E-state index is 12.4. The topological polar surface area (TPSA) is 106 Å². The molecule has 0 bridgehead atoms. The number of hydrogen-bond acceptors (Lipinski definition) is 7. The van der Waals surface area contributed by atoms with Gasteiger partial charge < -0.3 is 14.2 Å². The van der Waals surface area contributed by atoms with E-state index in [1.54, 1.807) is 18.2 Å². The quantitative estimate of drug-likeness (QED) is 0.418. The van der Waals surface area contributed by atoms with Crippen LogP contribution in [0.3, 0.4) is 0 Å². The molecule has 1 aliphatic rings. The summed E-state index contributed by atoms with van der Waals surface area (Å²) >= 11 is 0. The molecule has 0 aromatic heterocycles. The van der Waals surface area contributed by atoms with Gasteiger partial charge in [-0.2, -0.15) is 0 Å². The molecule has 2 N–H and O–H groups in total. The number of hydrogen-bond donors (Lipinski definition) is 2. The molecule has 3 amide bonds. The number of carbonyl (C=O) groups excluding carboxylic acids is 3. The fourth-order valence-electron chi connectivity index (χ4n) is 2.77. The zero-order valence-electron chi connectivity index (χ0n) is 17.3. The SMILES string of the molecule is COCCN1C(=O)C[C@H](NNC(=O)c2ccc(OCCC(C)C)c(OC)c2)C1=O. The van der Waals surface area contributed by atoms with Crippen LogP contribution in [0.2, 0.25) is 0 Å². The molecule has 1 atom stereocenters. The normalized spacial score (nSPS) is 16.4. The van der Waals surface area contributed by atoms with Crippen LogP contribution in [0.5, 0.6) is 11.5 Å². The third-order valence-corrected chi connectivity index (χ3v) is 4.50. The summed E-state index contributed by atoms with van der Waals surface area (Å²) in [6.45, 7) is 5.23. The molecule has 1 aromatic carbocycles. The summed E-state index contributed by atoms with van der Waals surface area (Å²) in [7, 11) is 3.00. The van der Waals surface area contributed by atoms with Gasteiger partial charge in [-0.3, -0.25) is 24.7 Å². The summed E-state index contributed by atoms with van der Waals surface area (Å²) in [6, 6.07) is 4.04. The zero-order valence-corrected chi connectivity index (χ0v) is 17.3. The first-order chi connectivity index (χ1) is 13.9. The molecule has 0 radical (unpaired) electrons. The molecule has 1 fully saturated rings. The van der Waals surface area contributed by atoms with E-state index in [1.807, 2.05) is 0 Å². The van der Waals surface area contributed by atoms with Crippen molar-refractivity contribution in [2.45, 2.75) is 32.7 Å². The Hall–Kier alpha value is -2.65. The molecule has 9 nitrogen and oxygen atoms in total. The molecule has 2 rings (SSSR count). The number of rotatable bonds is 11. The lowest BCUT2D eigenvalue weighted by Crippen LogP contribution is -2.48. The molecule has 1 aromatic rings. The Bertz CT molecular complexity index is 737. The van der Waals surface area contributed by atoms with Crippen LogP contribution in [-0.4, -0.2) is 62.6 Å². The molecule has 29 heavy (non-hydrogen) atoms. The van der Waals surface area contributed by atoms with E-state index in [0.29, 0.717) is 29.6 Å². The summed E-state index contributed by atoms with van der Waals surface area (Å²) < 4.78 is 15.9. The van der Waals surface area contributed by atoms with Crippen molar-refractivity contribution in [3.8, 4) is 11.5 Å². The van der Waals surface area contributed by atoms with Gasteiger partial charge in [-0.25, -0.2) is 5.43 Å². The minimum absolute atomic E-state index is 0.0191. The lowest BCUT2D eigenvalue weighted by Gasteiger charge is -2.16. The Morgan fingerprint density at radius 3 is 2.62 bits per heavy atom. The Morgan fingerprint density at radius 2 is 1.97 bits per heavy atom. The number of ether oxygens (including phenoxy) is 3. The first-order valence-corrected chi connectivity index (χ1v) is 9.57. The number of benzene rings is 1. The van der Waals surface area contributed by atoms with Crippen LogP contribution in [0.1, 0.15) is 37.0 Å². The smallest absolute Gasteiger partial charge is 0.265 e. The summed E-state index contributed by atoms with van der Waals surface area (Å²) in [4.78, 5) is 37.7. The van der Waals surface area contributed by atoms with Crippen LogP contribution < -0.4 is 20.3 Å². The molecular formula is C20H29N3O6. The number of methoxy groups -OCH3 is 2. The predicted octanol–water partition coefficient (Wildman–Crippen LogP) is 1.13. The van der Waals surface area contributed by atoms with Gasteiger partial charge in [-0.05, 0) is 30.5 Å². The second kappa shape index (κ2) is 10.8. The molecule has 0 aliphatic carbocycles. The lowest BCUT2D eigenvalue weighted by molar-refractivity contribution is -0.139. The third kappa shape index (κ3) is 6.16. The Morgan fingerprint density at radius 1 is 1.21 bits per heavy atom. The Balaban J connectivity index is 1.93. The van der Waals surface area contributed by atoms with Gasteiger partial charge in [-0.1, -0.05) is 13.8 Å². The van der Waals surface area contributed by atoms with E-state index in [-0.39, 0.29) is 31.4 Å². The predicted molar refractivity (Wildman–Crippen MR) is 106 cm³/mol. The minimum Gasteiger partial charge on any atom is -0.493 e. The van der Waals surface area contributed by atoms with Crippen LogP contribution in [0.4, 0.5) is 0 Å². The number of nitrogens with zero attached hydrogens (tertiary/aromatic N) is 1. The highest BCUT2D eigenvalue weighted by Crippen LogP contribution is 2.28. The number of likely N-dealkylation sites (tertiary alicyclic amines) is 1. The lowest BCUT2D eigenvalue weighted by atomic mass is 10.1.